The third kappa shape index (κ3) is 3.29. The number of carbonyl (C=O) groups excluding carboxylic acids is 1. The van der Waals surface area contributed by atoms with Crippen LogP contribution in [0.1, 0.15) is 20.9 Å². The number of nitrogens with zero attached hydrogens (tertiary/aromatic N) is 1. The molecule has 0 aliphatic heterocycles. The van der Waals surface area contributed by atoms with Gasteiger partial charge < -0.3 is 11.1 Å². The van der Waals surface area contributed by atoms with Crippen LogP contribution in [-0.4, -0.2) is 10.9 Å². The molecule has 0 saturated carbocycles. The summed E-state index contributed by atoms with van der Waals surface area (Å²) in [5.41, 5.74) is 6.74. The monoisotopic (exact) mass is 281 g/mol. The van der Waals surface area contributed by atoms with E-state index >= 15 is 0 Å². The molecule has 2 aromatic rings. The fourth-order valence-electron chi connectivity index (χ4n) is 1.45. The molecular weight excluding hydrogens is 270 g/mol. The first-order valence-electron chi connectivity index (χ1n) is 5.36. The van der Waals surface area contributed by atoms with Crippen LogP contribution in [0.15, 0.2) is 30.5 Å². The maximum atomic E-state index is 11.9. The highest BCUT2D eigenvalue weighted by Gasteiger charge is 2.07. The van der Waals surface area contributed by atoms with Crippen molar-refractivity contribution in [2.45, 2.75) is 13.1 Å². The van der Waals surface area contributed by atoms with Crippen molar-refractivity contribution < 1.29 is 4.79 Å². The minimum Gasteiger partial charge on any atom is -0.347 e. The van der Waals surface area contributed by atoms with E-state index in [1.807, 2.05) is 12.1 Å². The molecule has 3 N–H and O–H groups in total. The normalized spacial score (nSPS) is 10.3. The molecule has 0 saturated heterocycles. The van der Waals surface area contributed by atoms with Crippen LogP contribution in [-0.2, 0) is 13.1 Å². The first-order valence-corrected chi connectivity index (χ1v) is 6.56. The predicted octanol–water partition coefficient (Wildman–Crippen LogP) is 2.19. The lowest BCUT2D eigenvalue weighted by Crippen LogP contribution is -2.22. The van der Waals surface area contributed by atoms with Crippen molar-refractivity contribution in [1.29, 1.82) is 0 Å². The highest BCUT2D eigenvalue weighted by molar-refractivity contribution is 7.16. The maximum Gasteiger partial charge on any atom is 0.251 e. The summed E-state index contributed by atoms with van der Waals surface area (Å²) in [6, 6.07) is 7.06. The summed E-state index contributed by atoms with van der Waals surface area (Å²) in [5, 5.41) is 2.82. The zero-order valence-electron chi connectivity index (χ0n) is 9.52. The summed E-state index contributed by atoms with van der Waals surface area (Å²) in [6.45, 7) is 0.790. The number of nitrogens with one attached hydrogen (secondary N) is 1. The van der Waals surface area contributed by atoms with E-state index in [2.05, 4.69) is 10.3 Å². The third-order valence-corrected chi connectivity index (χ3v) is 3.57. The van der Waals surface area contributed by atoms with Crippen LogP contribution >= 0.6 is 22.9 Å². The third-order valence-electron chi connectivity index (χ3n) is 2.34. The molecule has 94 valence electrons. The number of amides is 1. The number of hydrogen-bond donors (Lipinski definition) is 2. The van der Waals surface area contributed by atoms with Gasteiger partial charge in [0.2, 0.25) is 0 Å². The van der Waals surface area contributed by atoms with Gasteiger partial charge >= 0.3 is 0 Å². The van der Waals surface area contributed by atoms with Crippen molar-refractivity contribution in [3.8, 4) is 0 Å². The number of nitrogens with two attached hydrogens (primary N) is 1. The number of halogens is 1. The quantitative estimate of drug-likeness (QED) is 0.903. The van der Waals surface area contributed by atoms with E-state index in [1.54, 1.807) is 18.3 Å². The molecule has 0 aromatic carbocycles. The Bertz CT molecular complexity index is 556. The molecule has 0 fully saturated rings. The van der Waals surface area contributed by atoms with Gasteiger partial charge in [0.15, 0.2) is 0 Å². The molecule has 0 spiro atoms. The maximum absolute atomic E-state index is 11.9. The van der Waals surface area contributed by atoms with E-state index in [9.17, 15) is 4.79 Å². The Morgan fingerprint density at radius 3 is 2.94 bits per heavy atom. The summed E-state index contributed by atoms with van der Waals surface area (Å²) < 4.78 is 0.716. The largest absolute Gasteiger partial charge is 0.347 e. The Balaban J connectivity index is 1.99. The molecule has 0 atom stereocenters. The van der Waals surface area contributed by atoms with Gasteiger partial charge in [-0.05, 0) is 24.3 Å². The van der Waals surface area contributed by atoms with Crippen LogP contribution in [0.25, 0.3) is 0 Å². The first-order chi connectivity index (χ1) is 8.69. The number of thiophene rings is 1. The topological polar surface area (TPSA) is 68.0 Å². The fourth-order valence-corrected chi connectivity index (χ4v) is 2.47. The summed E-state index contributed by atoms with van der Waals surface area (Å²) >= 11 is 7.27. The number of carbonyl (C=O) groups is 1. The Morgan fingerprint density at radius 1 is 1.44 bits per heavy atom. The SMILES string of the molecule is NCc1cc(C(=O)NCc2ccc(Cl)s2)ccn1. The molecule has 1 amide bonds. The molecular formula is C12H12ClN3OS. The summed E-state index contributed by atoms with van der Waals surface area (Å²) in [6.07, 6.45) is 1.58. The number of rotatable bonds is 4. The number of pyridine rings is 1. The van der Waals surface area contributed by atoms with Crippen molar-refractivity contribution in [2.24, 2.45) is 5.73 Å². The van der Waals surface area contributed by atoms with E-state index in [1.165, 1.54) is 11.3 Å². The van der Waals surface area contributed by atoms with Crippen molar-refractivity contribution in [3.05, 3.63) is 50.9 Å². The molecule has 2 aromatic heterocycles. The van der Waals surface area contributed by atoms with Crippen molar-refractivity contribution in [2.75, 3.05) is 0 Å². The summed E-state index contributed by atoms with van der Waals surface area (Å²) in [7, 11) is 0. The summed E-state index contributed by atoms with van der Waals surface area (Å²) in [5.74, 6) is -0.142. The van der Waals surface area contributed by atoms with Gasteiger partial charge in [-0.1, -0.05) is 11.6 Å². The van der Waals surface area contributed by atoms with Gasteiger partial charge in [-0.25, -0.2) is 0 Å². The zero-order valence-corrected chi connectivity index (χ0v) is 11.1. The lowest BCUT2D eigenvalue weighted by Gasteiger charge is -2.04. The molecule has 0 bridgehead atoms. The van der Waals surface area contributed by atoms with Crippen LogP contribution in [0.3, 0.4) is 0 Å². The van der Waals surface area contributed by atoms with E-state index in [0.29, 0.717) is 28.7 Å². The highest BCUT2D eigenvalue weighted by atomic mass is 35.5. The van der Waals surface area contributed by atoms with E-state index < -0.39 is 0 Å². The Hall–Kier alpha value is -1.43. The lowest BCUT2D eigenvalue weighted by atomic mass is 10.2. The lowest BCUT2D eigenvalue weighted by molar-refractivity contribution is 0.0951. The van der Waals surface area contributed by atoms with E-state index in [-0.39, 0.29) is 5.91 Å². The molecule has 2 heterocycles. The predicted molar refractivity (Wildman–Crippen MR) is 72.6 cm³/mol. The molecule has 18 heavy (non-hydrogen) atoms. The van der Waals surface area contributed by atoms with Gasteiger partial charge in [0.25, 0.3) is 5.91 Å². The van der Waals surface area contributed by atoms with E-state index in [0.717, 1.165) is 4.88 Å². The van der Waals surface area contributed by atoms with Crippen molar-refractivity contribution in [1.82, 2.24) is 10.3 Å². The highest BCUT2D eigenvalue weighted by Crippen LogP contribution is 2.21. The Morgan fingerprint density at radius 2 is 2.28 bits per heavy atom. The molecule has 2 rings (SSSR count). The Kier molecular flexibility index (Phi) is 4.30. The molecule has 6 heteroatoms. The van der Waals surface area contributed by atoms with Crippen LogP contribution in [0.4, 0.5) is 0 Å². The average molecular weight is 282 g/mol. The van der Waals surface area contributed by atoms with Gasteiger partial charge in [0.05, 0.1) is 16.6 Å². The van der Waals surface area contributed by atoms with Gasteiger partial charge in [-0.15, -0.1) is 11.3 Å². The Labute approximate surface area is 114 Å². The van der Waals surface area contributed by atoms with Crippen LogP contribution in [0, 0.1) is 0 Å². The molecule has 0 aliphatic rings. The van der Waals surface area contributed by atoms with Crippen molar-refractivity contribution >= 4 is 28.8 Å². The molecule has 0 aliphatic carbocycles. The van der Waals surface area contributed by atoms with Gasteiger partial charge in [0.1, 0.15) is 0 Å². The zero-order chi connectivity index (χ0) is 13.0. The van der Waals surface area contributed by atoms with Gasteiger partial charge in [-0.3, -0.25) is 9.78 Å². The molecule has 0 unspecified atom stereocenters. The standard InChI is InChI=1S/C12H12ClN3OS/c13-11-2-1-10(18-11)7-16-12(17)8-3-4-15-9(5-8)6-14/h1-5H,6-7,14H2,(H,16,17). The smallest absolute Gasteiger partial charge is 0.251 e. The van der Waals surface area contributed by atoms with Gasteiger partial charge in [0, 0.05) is 23.2 Å². The number of hydrogen-bond acceptors (Lipinski definition) is 4. The molecule has 0 radical (unpaired) electrons. The summed E-state index contributed by atoms with van der Waals surface area (Å²) in [4.78, 5) is 16.9. The minimum atomic E-state index is -0.142. The average Bonchev–Trinajstić information content (AvgIpc) is 2.82. The minimum absolute atomic E-state index is 0.142. The van der Waals surface area contributed by atoms with Crippen LogP contribution < -0.4 is 11.1 Å². The van der Waals surface area contributed by atoms with Crippen molar-refractivity contribution in [3.63, 3.8) is 0 Å². The van der Waals surface area contributed by atoms with E-state index in [4.69, 9.17) is 17.3 Å². The molecule has 4 nitrogen and oxygen atoms in total. The van der Waals surface area contributed by atoms with Crippen LogP contribution in [0.5, 0.6) is 0 Å². The van der Waals surface area contributed by atoms with Gasteiger partial charge in [-0.2, -0.15) is 0 Å². The fraction of sp³-hybridized carbons (Fsp3) is 0.167. The number of aromatic nitrogens is 1. The second kappa shape index (κ2) is 5.95. The first kappa shape index (κ1) is 13.0. The second-order valence-corrected chi connectivity index (χ2v) is 5.43. The van der Waals surface area contributed by atoms with Crippen LogP contribution in [0.2, 0.25) is 4.34 Å². The second-order valence-electron chi connectivity index (χ2n) is 3.63.